The van der Waals surface area contributed by atoms with Gasteiger partial charge in [-0.15, -0.1) is 0 Å². The van der Waals surface area contributed by atoms with Gasteiger partial charge in [0.1, 0.15) is 0 Å². The van der Waals surface area contributed by atoms with Gasteiger partial charge in [0, 0.05) is 11.0 Å². The molecule has 0 N–H and O–H groups in total. The molecule has 1 heteroatoms. The van der Waals surface area contributed by atoms with E-state index in [4.69, 9.17) is 11.6 Å². The molecular formula is C15H17Cl. The topological polar surface area (TPSA) is 0 Å². The van der Waals surface area contributed by atoms with E-state index in [0.717, 1.165) is 5.03 Å². The third-order valence-corrected chi connectivity index (χ3v) is 4.38. The second kappa shape index (κ2) is 4.25. The van der Waals surface area contributed by atoms with Crippen LogP contribution < -0.4 is 0 Å². The zero-order valence-corrected chi connectivity index (χ0v) is 10.3. The molecule has 0 saturated heterocycles. The van der Waals surface area contributed by atoms with E-state index in [9.17, 15) is 0 Å². The highest BCUT2D eigenvalue weighted by atomic mass is 35.5. The summed E-state index contributed by atoms with van der Waals surface area (Å²) in [5.74, 6) is 0.505. The second-order valence-electron chi connectivity index (χ2n) is 4.91. The van der Waals surface area contributed by atoms with Crippen molar-refractivity contribution < 1.29 is 0 Å². The summed E-state index contributed by atoms with van der Waals surface area (Å²) >= 11 is 6.52. The molecule has 16 heavy (non-hydrogen) atoms. The quantitative estimate of drug-likeness (QED) is 0.558. The van der Waals surface area contributed by atoms with Gasteiger partial charge >= 0.3 is 0 Å². The van der Waals surface area contributed by atoms with Crippen molar-refractivity contribution in [3.63, 3.8) is 0 Å². The van der Waals surface area contributed by atoms with E-state index < -0.39 is 0 Å². The Balaban J connectivity index is 2.01. The third kappa shape index (κ3) is 1.60. The molecule has 3 aliphatic carbocycles. The lowest BCUT2D eigenvalue weighted by molar-refractivity contribution is 0.604. The van der Waals surface area contributed by atoms with Gasteiger partial charge in [0.05, 0.1) is 0 Å². The number of hydrogen-bond acceptors (Lipinski definition) is 0. The van der Waals surface area contributed by atoms with Gasteiger partial charge in [0.25, 0.3) is 0 Å². The molecule has 0 saturated carbocycles. The molecule has 0 bridgehead atoms. The zero-order valence-electron chi connectivity index (χ0n) is 9.51. The fourth-order valence-electron chi connectivity index (χ4n) is 3.11. The van der Waals surface area contributed by atoms with E-state index in [1.807, 2.05) is 0 Å². The molecule has 0 unspecified atom stereocenters. The van der Waals surface area contributed by atoms with Crippen LogP contribution in [0.3, 0.4) is 0 Å². The minimum Gasteiger partial charge on any atom is -0.0837 e. The fraction of sp³-hybridized carbons (Fsp3) is 0.467. The first kappa shape index (κ1) is 10.4. The summed E-state index contributed by atoms with van der Waals surface area (Å²) in [6.45, 7) is 0. The van der Waals surface area contributed by atoms with E-state index in [2.05, 4.69) is 24.3 Å². The van der Waals surface area contributed by atoms with Crippen molar-refractivity contribution in [2.24, 2.45) is 5.92 Å². The first-order chi connectivity index (χ1) is 7.88. The molecule has 3 rings (SSSR count). The third-order valence-electron chi connectivity index (χ3n) is 3.93. The molecular weight excluding hydrogens is 216 g/mol. The molecule has 3 aliphatic rings. The number of fused-ring (bicyclic) bond motifs is 2. The van der Waals surface area contributed by atoms with Crippen LogP contribution in [-0.2, 0) is 0 Å². The van der Waals surface area contributed by atoms with Gasteiger partial charge in [-0.2, -0.15) is 0 Å². The molecule has 0 aromatic heterocycles. The lowest BCUT2D eigenvalue weighted by Crippen LogP contribution is -2.03. The summed E-state index contributed by atoms with van der Waals surface area (Å²) in [7, 11) is 0. The normalized spacial score (nSPS) is 28.9. The van der Waals surface area contributed by atoms with Crippen LogP contribution in [0, 0.1) is 5.92 Å². The molecule has 0 radical (unpaired) electrons. The van der Waals surface area contributed by atoms with Crippen LogP contribution in [-0.4, -0.2) is 0 Å². The van der Waals surface area contributed by atoms with Gasteiger partial charge in [-0.3, -0.25) is 0 Å². The van der Waals surface area contributed by atoms with Crippen LogP contribution >= 0.6 is 11.6 Å². The molecule has 0 nitrogen and oxygen atoms in total. The molecule has 0 aliphatic heterocycles. The molecule has 1 atom stereocenters. The first-order valence-electron chi connectivity index (χ1n) is 6.35. The average Bonchev–Trinajstić information content (AvgIpc) is 2.52. The Hall–Kier alpha value is -0.750. The maximum absolute atomic E-state index is 6.52. The van der Waals surface area contributed by atoms with Gasteiger partial charge in [-0.25, -0.2) is 0 Å². The number of allylic oxidation sites excluding steroid dienone is 8. The minimum absolute atomic E-state index is 0.505. The van der Waals surface area contributed by atoms with Gasteiger partial charge in [-0.05, 0) is 36.8 Å². The van der Waals surface area contributed by atoms with E-state index in [1.54, 1.807) is 5.57 Å². The van der Waals surface area contributed by atoms with Gasteiger partial charge in [0.15, 0.2) is 0 Å². The van der Waals surface area contributed by atoms with Crippen LogP contribution in [0.1, 0.15) is 38.5 Å². The van der Waals surface area contributed by atoms with Gasteiger partial charge < -0.3 is 0 Å². The minimum atomic E-state index is 0.505. The summed E-state index contributed by atoms with van der Waals surface area (Å²) in [6.07, 6.45) is 16.6. The van der Waals surface area contributed by atoms with Crippen LogP contribution in [0.15, 0.2) is 46.1 Å². The highest BCUT2D eigenvalue weighted by molar-refractivity contribution is 6.33. The lowest BCUT2D eigenvalue weighted by atomic mass is 9.86. The highest BCUT2D eigenvalue weighted by Gasteiger charge is 2.30. The Labute approximate surface area is 102 Å². The van der Waals surface area contributed by atoms with Crippen LogP contribution in [0.25, 0.3) is 0 Å². The molecule has 84 valence electrons. The van der Waals surface area contributed by atoms with E-state index in [1.165, 1.54) is 49.7 Å². The second-order valence-corrected chi connectivity index (χ2v) is 5.29. The molecule has 0 spiro atoms. The zero-order chi connectivity index (χ0) is 11.0. The number of hydrogen-bond donors (Lipinski definition) is 0. The summed E-state index contributed by atoms with van der Waals surface area (Å²) in [4.78, 5) is 0. The smallest absolute Gasteiger partial charge is 0.0479 e. The Morgan fingerprint density at radius 2 is 1.81 bits per heavy atom. The lowest BCUT2D eigenvalue weighted by Gasteiger charge is -2.18. The van der Waals surface area contributed by atoms with Crippen molar-refractivity contribution in [2.75, 3.05) is 0 Å². The summed E-state index contributed by atoms with van der Waals surface area (Å²) < 4.78 is 0. The van der Waals surface area contributed by atoms with Crippen molar-refractivity contribution in [1.82, 2.24) is 0 Å². The number of halogens is 1. The average molecular weight is 233 g/mol. The number of rotatable bonds is 0. The molecule has 0 aromatic rings. The van der Waals surface area contributed by atoms with Crippen molar-refractivity contribution in [1.29, 1.82) is 0 Å². The van der Waals surface area contributed by atoms with Crippen molar-refractivity contribution in [3.05, 3.63) is 46.1 Å². The van der Waals surface area contributed by atoms with E-state index >= 15 is 0 Å². The Kier molecular flexibility index (Phi) is 2.77. The van der Waals surface area contributed by atoms with Gasteiger partial charge in [-0.1, -0.05) is 54.3 Å². The summed E-state index contributed by atoms with van der Waals surface area (Å²) in [5, 5.41) is 1.06. The summed E-state index contributed by atoms with van der Waals surface area (Å²) in [5.41, 5.74) is 4.42. The molecule has 0 fully saturated rings. The molecule has 0 amide bonds. The Bertz CT molecular complexity index is 421. The fourth-order valence-corrected chi connectivity index (χ4v) is 3.50. The molecule has 0 aromatic carbocycles. The van der Waals surface area contributed by atoms with Crippen molar-refractivity contribution in [3.8, 4) is 0 Å². The largest absolute Gasteiger partial charge is 0.0837 e. The van der Waals surface area contributed by atoms with Crippen molar-refractivity contribution in [2.45, 2.75) is 38.5 Å². The van der Waals surface area contributed by atoms with Gasteiger partial charge in [0.2, 0.25) is 0 Å². The highest BCUT2D eigenvalue weighted by Crippen LogP contribution is 2.46. The van der Waals surface area contributed by atoms with Crippen molar-refractivity contribution >= 4 is 11.6 Å². The Morgan fingerprint density at radius 3 is 2.69 bits per heavy atom. The Morgan fingerprint density at radius 1 is 1.00 bits per heavy atom. The van der Waals surface area contributed by atoms with Crippen LogP contribution in [0.4, 0.5) is 0 Å². The van der Waals surface area contributed by atoms with E-state index in [-0.39, 0.29) is 0 Å². The maximum Gasteiger partial charge on any atom is 0.0479 e. The van der Waals surface area contributed by atoms with E-state index in [0.29, 0.717) is 5.92 Å². The van der Waals surface area contributed by atoms with Crippen LogP contribution in [0.2, 0.25) is 0 Å². The predicted molar refractivity (Wildman–Crippen MR) is 69.4 cm³/mol. The monoisotopic (exact) mass is 232 g/mol. The molecule has 0 heterocycles. The SMILES string of the molecule is ClC1=C2C=CC=C[C@H]2C2=C1CCCCCC2. The van der Waals surface area contributed by atoms with Crippen LogP contribution in [0.5, 0.6) is 0 Å². The maximum atomic E-state index is 6.52. The summed E-state index contributed by atoms with van der Waals surface area (Å²) in [6, 6.07) is 0. The standard InChI is InChI=1S/C15H17Cl/c16-15-13-9-4-2-1-3-7-11(13)12-8-5-6-10-14(12)15/h5-6,8,10,12H,1-4,7,9H2/t12-/m0/s1. The first-order valence-corrected chi connectivity index (χ1v) is 6.72. The predicted octanol–water partition coefficient (Wildman–Crippen LogP) is 4.89.